The molecule has 54 valence electrons. The predicted octanol–water partition coefficient (Wildman–Crippen LogP) is 0.0737. The van der Waals surface area contributed by atoms with Crippen molar-refractivity contribution in [2.75, 3.05) is 6.54 Å². The summed E-state index contributed by atoms with van der Waals surface area (Å²) < 4.78 is 0. The number of aromatic nitrogens is 1. The lowest BCUT2D eigenvalue weighted by atomic mass is 10.2. The number of rotatable bonds is 2. The zero-order chi connectivity index (χ0) is 7.40. The Kier molecular flexibility index (Phi) is 2.36. The predicted molar refractivity (Wildman–Crippen MR) is 38.3 cm³/mol. The van der Waals surface area contributed by atoms with Gasteiger partial charge in [-0.3, -0.25) is 4.98 Å². The van der Waals surface area contributed by atoms with E-state index in [0.29, 0.717) is 0 Å². The topological polar surface area (TPSA) is 59.1 Å². The molecule has 0 saturated heterocycles. The number of aliphatic hydroxyl groups is 1. The van der Waals surface area contributed by atoms with Gasteiger partial charge in [-0.05, 0) is 6.07 Å². The van der Waals surface area contributed by atoms with E-state index in [1.165, 1.54) is 0 Å². The first-order valence-corrected chi connectivity index (χ1v) is 3.12. The molecule has 0 aliphatic carbocycles. The highest BCUT2D eigenvalue weighted by Gasteiger charge is 2.02. The summed E-state index contributed by atoms with van der Waals surface area (Å²) in [5, 5.41) is 9.16. The van der Waals surface area contributed by atoms with Crippen LogP contribution in [0.3, 0.4) is 0 Å². The maximum Gasteiger partial charge on any atom is 0.0927 e. The van der Waals surface area contributed by atoms with Gasteiger partial charge in [0.15, 0.2) is 0 Å². The monoisotopic (exact) mass is 138 g/mol. The molecule has 0 bridgehead atoms. The number of hydrogen-bond donors (Lipinski definition) is 2. The van der Waals surface area contributed by atoms with Crippen LogP contribution in [0.5, 0.6) is 0 Å². The fourth-order valence-corrected chi connectivity index (χ4v) is 0.709. The van der Waals surface area contributed by atoms with Crippen LogP contribution in [0.1, 0.15) is 11.7 Å². The number of pyridine rings is 1. The normalized spacial score (nSPS) is 13.0. The summed E-state index contributed by atoms with van der Waals surface area (Å²) >= 11 is 0. The lowest BCUT2D eigenvalue weighted by Gasteiger charge is -2.05. The van der Waals surface area contributed by atoms with Crippen molar-refractivity contribution in [1.82, 2.24) is 4.98 Å². The third-order valence-electron chi connectivity index (χ3n) is 1.29. The van der Waals surface area contributed by atoms with Crippen LogP contribution in [0.25, 0.3) is 0 Å². The van der Waals surface area contributed by atoms with Gasteiger partial charge >= 0.3 is 0 Å². The molecule has 0 aromatic carbocycles. The van der Waals surface area contributed by atoms with Crippen LogP contribution in [-0.4, -0.2) is 16.6 Å². The van der Waals surface area contributed by atoms with Gasteiger partial charge in [0.25, 0.3) is 0 Å². The highest BCUT2D eigenvalue weighted by molar-refractivity contribution is 5.11. The first-order chi connectivity index (χ1) is 4.84. The van der Waals surface area contributed by atoms with Crippen molar-refractivity contribution < 1.29 is 5.11 Å². The van der Waals surface area contributed by atoms with E-state index in [-0.39, 0.29) is 6.54 Å². The molecule has 0 saturated carbocycles. The summed E-state index contributed by atoms with van der Waals surface area (Å²) in [7, 11) is 0. The second kappa shape index (κ2) is 3.29. The third kappa shape index (κ3) is 1.52. The van der Waals surface area contributed by atoms with Crippen LogP contribution in [0.2, 0.25) is 0 Å². The summed E-state index contributed by atoms with van der Waals surface area (Å²) in [6, 6.07) is 3.57. The quantitative estimate of drug-likeness (QED) is 0.608. The average Bonchev–Trinajstić information content (AvgIpc) is 2.05. The Morgan fingerprint density at radius 3 is 3.00 bits per heavy atom. The van der Waals surface area contributed by atoms with Gasteiger partial charge in [-0.25, -0.2) is 0 Å². The van der Waals surface area contributed by atoms with E-state index >= 15 is 0 Å². The fourth-order valence-electron chi connectivity index (χ4n) is 0.709. The number of aliphatic hydroxyl groups excluding tert-OH is 1. The molecule has 1 heterocycles. The van der Waals surface area contributed by atoms with E-state index < -0.39 is 6.10 Å². The van der Waals surface area contributed by atoms with E-state index in [4.69, 9.17) is 10.8 Å². The number of nitrogens with zero attached hydrogens (tertiary/aromatic N) is 1. The maximum absolute atomic E-state index is 9.16. The highest BCUT2D eigenvalue weighted by Crippen LogP contribution is 2.07. The van der Waals surface area contributed by atoms with Gasteiger partial charge in [-0.2, -0.15) is 0 Å². The minimum Gasteiger partial charge on any atom is -0.387 e. The molecule has 0 unspecified atom stereocenters. The van der Waals surface area contributed by atoms with Crippen LogP contribution in [0, 0.1) is 0 Å². The number of nitrogens with two attached hydrogens (primary N) is 1. The van der Waals surface area contributed by atoms with Gasteiger partial charge in [0.1, 0.15) is 0 Å². The van der Waals surface area contributed by atoms with Crippen molar-refractivity contribution in [2.24, 2.45) is 5.73 Å². The Bertz CT molecular complexity index is 188. The van der Waals surface area contributed by atoms with E-state index in [1.807, 2.05) is 0 Å². The molecule has 0 spiro atoms. The summed E-state index contributed by atoms with van der Waals surface area (Å²) in [4.78, 5) is 3.84. The van der Waals surface area contributed by atoms with Crippen molar-refractivity contribution in [1.29, 1.82) is 0 Å². The van der Waals surface area contributed by atoms with Crippen molar-refractivity contribution in [3.8, 4) is 0 Å². The summed E-state index contributed by atoms with van der Waals surface area (Å²) in [6.45, 7) is 0.242. The second-order valence-corrected chi connectivity index (χ2v) is 2.04. The van der Waals surface area contributed by atoms with Crippen molar-refractivity contribution >= 4 is 0 Å². The molecule has 10 heavy (non-hydrogen) atoms. The van der Waals surface area contributed by atoms with Crippen molar-refractivity contribution in [3.63, 3.8) is 0 Å². The van der Waals surface area contributed by atoms with E-state index in [1.54, 1.807) is 24.5 Å². The lowest BCUT2D eigenvalue weighted by Crippen LogP contribution is -2.11. The molecule has 3 nitrogen and oxygen atoms in total. The van der Waals surface area contributed by atoms with Crippen LogP contribution < -0.4 is 5.73 Å². The molecular weight excluding hydrogens is 128 g/mol. The van der Waals surface area contributed by atoms with Gasteiger partial charge in [0.05, 0.1) is 6.10 Å². The molecule has 1 aromatic rings. The molecular formula is C7H10N2O. The SMILES string of the molecule is NC[C@@H](O)c1cccnc1. The summed E-state index contributed by atoms with van der Waals surface area (Å²) in [5.41, 5.74) is 5.99. The van der Waals surface area contributed by atoms with Crippen molar-refractivity contribution in [2.45, 2.75) is 6.10 Å². The molecule has 0 fully saturated rings. The van der Waals surface area contributed by atoms with Gasteiger partial charge in [-0.1, -0.05) is 6.07 Å². The summed E-state index contributed by atoms with van der Waals surface area (Å²) in [5.74, 6) is 0. The minimum absolute atomic E-state index is 0.242. The molecule has 1 aromatic heterocycles. The van der Waals surface area contributed by atoms with Crippen molar-refractivity contribution in [3.05, 3.63) is 30.1 Å². The molecule has 3 heteroatoms. The average molecular weight is 138 g/mol. The highest BCUT2D eigenvalue weighted by atomic mass is 16.3. The second-order valence-electron chi connectivity index (χ2n) is 2.04. The molecule has 0 radical (unpaired) electrons. The Morgan fingerprint density at radius 2 is 2.50 bits per heavy atom. The Balaban J connectivity index is 2.75. The van der Waals surface area contributed by atoms with E-state index in [2.05, 4.69) is 4.98 Å². The first kappa shape index (κ1) is 7.18. The molecule has 0 aliphatic rings. The Morgan fingerprint density at radius 1 is 1.70 bits per heavy atom. The maximum atomic E-state index is 9.16. The van der Waals surface area contributed by atoms with Gasteiger partial charge < -0.3 is 10.8 Å². The zero-order valence-electron chi connectivity index (χ0n) is 5.57. The van der Waals surface area contributed by atoms with Gasteiger partial charge in [-0.15, -0.1) is 0 Å². The Labute approximate surface area is 59.5 Å². The first-order valence-electron chi connectivity index (χ1n) is 3.12. The van der Waals surface area contributed by atoms with E-state index in [0.717, 1.165) is 5.56 Å². The standard InChI is InChI=1S/C7H10N2O/c8-4-7(10)6-2-1-3-9-5-6/h1-3,5,7,10H,4,8H2/t7-/m1/s1. The molecule has 1 atom stereocenters. The largest absolute Gasteiger partial charge is 0.387 e. The van der Waals surface area contributed by atoms with Gasteiger partial charge in [0.2, 0.25) is 0 Å². The fraction of sp³-hybridized carbons (Fsp3) is 0.286. The third-order valence-corrected chi connectivity index (χ3v) is 1.29. The molecule has 3 N–H and O–H groups in total. The lowest BCUT2D eigenvalue weighted by molar-refractivity contribution is 0.186. The number of hydrogen-bond acceptors (Lipinski definition) is 3. The zero-order valence-corrected chi connectivity index (χ0v) is 5.57. The summed E-state index contributed by atoms with van der Waals surface area (Å²) in [6.07, 6.45) is 2.69. The smallest absolute Gasteiger partial charge is 0.0927 e. The Hall–Kier alpha value is -0.930. The van der Waals surface area contributed by atoms with Crippen LogP contribution >= 0.6 is 0 Å². The minimum atomic E-state index is -0.575. The van der Waals surface area contributed by atoms with Crippen LogP contribution in [0.15, 0.2) is 24.5 Å². The van der Waals surface area contributed by atoms with Crippen LogP contribution in [0.4, 0.5) is 0 Å². The van der Waals surface area contributed by atoms with Crippen LogP contribution in [-0.2, 0) is 0 Å². The van der Waals surface area contributed by atoms with Gasteiger partial charge in [0, 0.05) is 24.5 Å². The molecule has 1 rings (SSSR count). The molecule has 0 amide bonds. The molecule has 0 aliphatic heterocycles. The van der Waals surface area contributed by atoms with E-state index in [9.17, 15) is 0 Å².